The average Bonchev–Trinajstić information content (AvgIpc) is 2.17. The van der Waals surface area contributed by atoms with Gasteiger partial charge in [0.25, 0.3) is 0 Å². The Kier molecular flexibility index (Phi) is 4.70. The van der Waals surface area contributed by atoms with E-state index < -0.39 is 0 Å². The second-order valence-corrected chi connectivity index (χ2v) is 3.93. The van der Waals surface area contributed by atoms with Crippen LogP contribution in [0.25, 0.3) is 0 Å². The lowest BCUT2D eigenvalue weighted by molar-refractivity contribution is 0.0849. The van der Waals surface area contributed by atoms with Gasteiger partial charge >= 0.3 is 0 Å². The number of nitrogens with one attached hydrogen (secondary N) is 1. The van der Waals surface area contributed by atoms with Crippen molar-refractivity contribution in [2.75, 3.05) is 33.2 Å². The van der Waals surface area contributed by atoms with Gasteiger partial charge in [-0.1, -0.05) is 13.8 Å². The molecular weight excluding hydrogens is 162 g/mol. The Morgan fingerprint density at radius 2 is 1.62 bits per heavy atom. The fraction of sp³-hybridized carbons (Fsp3) is 1.00. The smallest absolute Gasteiger partial charge is 0.0259 e. The summed E-state index contributed by atoms with van der Waals surface area (Å²) in [6.07, 6.45) is 2.45. The van der Waals surface area contributed by atoms with Crippen LogP contribution in [0.2, 0.25) is 0 Å². The normalized spacial score (nSPS) is 21.2. The number of piperazine rings is 1. The summed E-state index contributed by atoms with van der Waals surface area (Å²) in [5.74, 6) is 0. The van der Waals surface area contributed by atoms with Gasteiger partial charge in [0.15, 0.2) is 0 Å². The molecule has 0 bridgehead atoms. The lowest BCUT2D eigenvalue weighted by Gasteiger charge is -2.35. The van der Waals surface area contributed by atoms with E-state index in [2.05, 4.69) is 36.2 Å². The summed E-state index contributed by atoms with van der Waals surface area (Å²) in [4.78, 5) is 2.38. The molecule has 1 aliphatic rings. The zero-order valence-corrected chi connectivity index (χ0v) is 9.21. The highest BCUT2D eigenvalue weighted by Gasteiger charge is 2.15. The molecule has 1 fully saturated rings. The Balaban J connectivity index is 2.21. The van der Waals surface area contributed by atoms with Gasteiger partial charge < -0.3 is 4.90 Å². The topological polar surface area (TPSA) is 18.5 Å². The van der Waals surface area contributed by atoms with Crippen molar-refractivity contribution in [2.24, 2.45) is 0 Å². The quantitative estimate of drug-likeness (QED) is 0.703. The molecule has 0 unspecified atom stereocenters. The minimum Gasteiger partial charge on any atom is -0.304 e. The molecule has 0 aromatic carbocycles. The summed E-state index contributed by atoms with van der Waals surface area (Å²) in [5, 5.41) is 2.37. The van der Waals surface area contributed by atoms with Crippen molar-refractivity contribution in [3.05, 3.63) is 0 Å². The van der Waals surface area contributed by atoms with Crippen LogP contribution in [0, 0.1) is 0 Å². The second kappa shape index (κ2) is 5.58. The van der Waals surface area contributed by atoms with E-state index in [0.29, 0.717) is 6.04 Å². The number of nitrogens with zero attached hydrogens (tertiary/aromatic N) is 2. The summed E-state index contributed by atoms with van der Waals surface area (Å²) >= 11 is 0. The number of likely N-dealkylation sites (N-methyl/N-ethyl adjacent to an activating group) is 1. The maximum atomic E-state index is 3.58. The van der Waals surface area contributed by atoms with E-state index >= 15 is 0 Å². The van der Waals surface area contributed by atoms with E-state index in [0.717, 1.165) is 13.1 Å². The molecule has 0 aromatic heterocycles. The fourth-order valence-electron chi connectivity index (χ4n) is 1.66. The van der Waals surface area contributed by atoms with Gasteiger partial charge in [-0.25, -0.2) is 5.01 Å². The molecule has 13 heavy (non-hydrogen) atoms. The number of hydrazine groups is 1. The minimum absolute atomic E-state index is 0.670. The van der Waals surface area contributed by atoms with Gasteiger partial charge in [0.1, 0.15) is 0 Å². The van der Waals surface area contributed by atoms with Crippen LogP contribution in [0.5, 0.6) is 0 Å². The Labute approximate surface area is 82.1 Å². The molecule has 1 N–H and O–H groups in total. The van der Waals surface area contributed by atoms with Gasteiger partial charge in [-0.15, -0.1) is 0 Å². The van der Waals surface area contributed by atoms with E-state index in [1.54, 1.807) is 0 Å². The first kappa shape index (κ1) is 11.0. The highest BCUT2D eigenvalue weighted by Crippen LogP contribution is 2.01. The summed E-state index contributed by atoms with van der Waals surface area (Å²) < 4.78 is 0. The van der Waals surface area contributed by atoms with Crippen molar-refractivity contribution in [3.8, 4) is 0 Å². The monoisotopic (exact) mass is 185 g/mol. The van der Waals surface area contributed by atoms with Gasteiger partial charge in [-0.05, 0) is 19.9 Å². The zero-order valence-electron chi connectivity index (χ0n) is 9.21. The molecule has 3 heteroatoms. The van der Waals surface area contributed by atoms with Crippen molar-refractivity contribution in [1.29, 1.82) is 0 Å². The van der Waals surface area contributed by atoms with Gasteiger partial charge in [-0.3, -0.25) is 5.43 Å². The van der Waals surface area contributed by atoms with Crippen molar-refractivity contribution in [1.82, 2.24) is 15.3 Å². The lowest BCUT2D eigenvalue weighted by atomic mass is 10.2. The Morgan fingerprint density at radius 1 is 1.08 bits per heavy atom. The van der Waals surface area contributed by atoms with Crippen LogP contribution in [-0.4, -0.2) is 49.2 Å². The molecule has 0 saturated carbocycles. The Morgan fingerprint density at radius 3 is 2.08 bits per heavy atom. The molecule has 0 amide bonds. The number of hydrogen-bond acceptors (Lipinski definition) is 3. The Bertz CT molecular complexity index is 126. The van der Waals surface area contributed by atoms with E-state index in [4.69, 9.17) is 0 Å². The molecule has 1 heterocycles. The van der Waals surface area contributed by atoms with Crippen LogP contribution in [0.4, 0.5) is 0 Å². The van der Waals surface area contributed by atoms with Crippen LogP contribution in [0.1, 0.15) is 26.7 Å². The molecule has 0 aromatic rings. The first-order chi connectivity index (χ1) is 6.26. The highest BCUT2D eigenvalue weighted by atomic mass is 15.5. The van der Waals surface area contributed by atoms with Crippen molar-refractivity contribution >= 4 is 0 Å². The van der Waals surface area contributed by atoms with Crippen LogP contribution in [-0.2, 0) is 0 Å². The minimum atomic E-state index is 0.670. The summed E-state index contributed by atoms with van der Waals surface area (Å²) in [6.45, 7) is 9.19. The molecule has 0 aliphatic carbocycles. The Hall–Kier alpha value is -0.120. The second-order valence-electron chi connectivity index (χ2n) is 3.93. The maximum absolute atomic E-state index is 3.58. The van der Waals surface area contributed by atoms with Gasteiger partial charge in [0, 0.05) is 32.2 Å². The van der Waals surface area contributed by atoms with E-state index in [9.17, 15) is 0 Å². The fourth-order valence-corrected chi connectivity index (χ4v) is 1.66. The predicted molar refractivity (Wildman–Crippen MR) is 56.6 cm³/mol. The number of rotatable bonds is 4. The third kappa shape index (κ3) is 3.63. The standard InChI is InChI=1S/C10H23N3/c1-4-10(5-2)11-13-8-6-12(3)7-9-13/h10-11H,4-9H2,1-3H3. The van der Waals surface area contributed by atoms with Crippen LogP contribution in [0.3, 0.4) is 0 Å². The molecule has 1 rings (SSSR count). The molecule has 1 saturated heterocycles. The van der Waals surface area contributed by atoms with Crippen LogP contribution < -0.4 is 5.43 Å². The largest absolute Gasteiger partial charge is 0.304 e. The third-order valence-corrected chi connectivity index (χ3v) is 2.85. The molecular formula is C10H23N3. The predicted octanol–water partition coefficient (Wildman–Crippen LogP) is 0.927. The van der Waals surface area contributed by atoms with E-state index in [1.807, 2.05) is 0 Å². The van der Waals surface area contributed by atoms with Gasteiger partial charge in [0.05, 0.1) is 0 Å². The SMILES string of the molecule is CCC(CC)NN1CCN(C)CC1. The van der Waals surface area contributed by atoms with E-state index in [-0.39, 0.29) is 0 Å². The van der Waals surface area contributed by atoms with Crippen molar-refractivity contribution in [2.45, 2.75) is 32.7 Å². The van der Waals surface area contributed by atoms with Crippen LogP contribution >= 0.6 is 0 Å². The van der Waals surface area contributed by atoms with Gasteiger partial charge in [-0.2, -0.15) is 0 Å². The summed E-state index contributed by atoms with van der Waals surface area (Å²) in [7, 11) is 2.19. The van der Waals surface area contributed by atoms with Crippen LogP contribution in [0.15, 0.2) is 0 Å². The molecule has 0 spiro atoms. The summed E-state index contributed by atoms with van der Waals surface area (Å²) in [5.41, 5.74) is 3.58. The first-order valence-corrected chi connectivity index (χ1v) is 5.46. The zero-order chi connectivity index (χ0) is 9.68. The molecule has 0 radical (unpaired) electrons. The van der Waals surface area contributed by atoms with E-state index in [1.165, 1.54) is 25.9 Å². The molecule has 78 valence electrons. The first-order valence-electron chi connectivity index (χ1n) is 5.46. The summed E-state index contributed by atoms with van der Waals surface area (Å²) in [6, 6.07) is 0.670. The molecule has 0 atom stereocenters. The molecule has 1 aliphatic heterocycles. The van der Waals surface area contributed by atoms with Gasteiger partial charge in [0.2, 0.25) is 0 Å². The maximum Gasteiger partial charge on any atom is 0.0259 e. The third-order valence-electron chi connectivity index (χ3n) is 2.85. The number of hydrogen-bond donors (Lipinski definition) is 1. The van der Waals surface area contributed by atoms with Crippen molar-refractivity contribution < 1.29 is 0 Å². The van der Waals surface area contributed by atoms with Crippen molar-refractivity contribution in [3.63, 3.8) is 0 Å². The highest BCUT2D eigenvalue weighted by molar-refractivity contribution is 4.69. The lowest BCUT2D eigenvalue weighted by Crippen LogP contribution is -2.53. The molecule has 3 nitrogen and oxygen atoms in total. The average molecular weight is 185 g/mol.